The highest BCUT2D eigenvalue weighted by Gasteiger charge is 2.20. The van der Waals surface area contributed by atoms with Crippen LogP contribution in [0, 0.1) is 0 Å². The highest BCUT2D eigenvalue weighted by atomic mass is 16.5. The van der Waals surface area contributed by atoms with Crippen LogP contribution in [0.15, 0.2) is 12.4 Å². The van der Waals surface area contributed by atoms with E-state index in [1.54, 1.807) is 0 Å². The van der Waals surface area contributed by atoms with Crippen molar-refractivity contribution in [2.45, 2.75) is 45.8 Å². The summed E-state index contributed by atoms with van der Waals surface area (Å²) in [5.74, 6) is 0.846. The molecule has 0 amide bonds. The number of hydrogen-bond acceptors (Lipinski definition) is 5. The molecular formula is C15H26N4O. The Morgan fingerprint density at radius 2 is 2.25 bits per heavy atom. The zero-order valence-electron chi connectivity index (χ0n) is 12.6. The standard InChI is InChI=1S/C15H26N4O/c1-3-8-20-14-6-5-7-19(12-14)11-13-9-18-15(10-17-13)16-4-2/h9-10,14H,3-8,11-12H2,1-2H3,(H,16,18). The van der Waals surface area contributed by atoms with Gasteiger partial charge in [0, 0.05) is 26.2 Å². The lowest BCUT2D eigenvalue weighted by Gasteiger charge is -2.32. The Morgan fingerprint density at radius 1 is 1.35 bits per heavy atom. The quantitative estimate of drug-likeness (QED) is 0.829. The molecule has 2 heterocycles. The maximum absolute atomic E-state index is 5.86. The van der Waals surface area contributed by atoms with Gasteiger partial charge in [-0.3, -0.25) is 9.88 Å². The van der Waals surface area contributed by atoms with Crippen LogP contribution in [0.25, 0.3) is 0 Å². The highest BCUT2D eigenvalue weighted by molar-refractivity contribution is 5.30. The van der Waals surface area contributed by atoms with Gasteiger partial charge in [-0.15, -0.1) is 0 Å². The van der Waals surface area contributed by atoms with Gasteiger partial charge in [0.1, 0.15) is 5.82 Å². The van der Waals surface area contributed by atoms with Gasteiger partial charge in [-0.2, -0.15) is 0 Å². The van der Waals surface area contributed by atoms with E-state index in [9.17, 15) is 0 Å². The summed E-state index contributed by atoms with van der Waals surface area (Å²) < 4.78 is 5.86. The summed E-state index contributed by atoms with van der Waals surface area (Å²) in [6, 6.07) is 0. The van der Waals surface area contributed by atoms with Gasteiger partial charge >= 0.3 is 0 Å². The summed E-state index contributed by atoms with van der Waals surface area (Å²) in [7, 11) is 0. The molecular weight excluding hydrogens is 252 g/mol. The van der Waals surface area contributed by atoms with E-state index in [-0.39, 0.29) is 0 Å². The van der Waals surface area contributed by atoms with Crippen molar-refractivity contribution in [2.75, 3.05) is 31.6 Å². The van der Waals surface area contributed by atoms with E-state index in [1.807, 2.05) is 12.4 Å². The molecule has 1 N–H and O–H groups in total. The normalized spacial score (nSPS) is 20.0. The molecule has 1 saturated heterocycles. The van der Waals surface area contributed by atoms with Crippen LogP contribution in [0.3, 0.4) is 0 Å². The average molecular weight is 278 g/mol. The minimum Gasteiger partial charge on any atom is -0.377 e. The predicted octanol–water partition coefficient (Wildman–Crippen LogP) is 2.30. The fraction of sp³-hybridized carbons (Fsp3) is 0.733. The molecule has 5 heteroatoms. The van der Waals surface area contributed by atoms with E-state index in [0.717, 1.165) is 50.7 Å². The lowest BCUT2D eigenvalue weighted by atomic mass is 10.1. The molecule has 1 aromatic rings. The Balaban J connectivity index is 1.82. The van der Waals surface area contributed by atoms with Crippen molar-refractivity contribution >= 4 is 5.82 Å². The molecule has 0 aromatic carbocycles. The number of aromatic nitrogens is 2. The Morgan fingerprint density at radius 3 is 2.95 bits per heavy atom. The van der Waals surface area contributed by atoms with Crippen molar-refractivity contribution < 1.29 is 4.74 Å². The molecule has 1 unspecified atom stereocenters. The summed E-state index contributed by atoms with van der Waals surface area (Å²) >= 11 is 0. The molecule has 1 atom stereocenters. The topological polar surface area (TPSA) is 50.3 Å². The van der Waals surface area contributed by atoms with Gasteiger partial charge in [-0.1, -0.05) is 6.92 Å². The third kappa shape index (κ3) is 4.72. The number of nitrogens with zero attached hydrogens (tertiary/aromatic N) is 3. The fourth-order valence-corrected chi connectivity index (χ4v) is 2.52. The number of rotatable bonds is 7. The second-order valence-electron chi connectivity index (χ2n) is 5.29. The lowest BCUT2D eigenvalue weighted by molar-refractivity contribution is -0.00254. The molecule has 0 radical (unpaired) electrons. The van der Waals surface area contributed by atoms with Crippen LogP contribution in [-0.4, -0.2) is 47.2 Å². The summed E-state index contributed by atoms with van der Waals surface area (Å²) in [6.45, 7) is 8.96. The maximum atomic E-state index is 5.86. The lowest BCUT2D eigenvalue weighted by Crippen LogP contribution is -2.39. The van der Waals surface area contributed by atoms with Crippen molar-refractivity contribution in [1.29, 1.82) is 0 Å². The molecule has 0 saturated carbocycles. The van der Waals surface area contributed by atoms with E-state index >= 15 is 0 Å². The molecule has 1 aliphatic heterocycles. The zero-order valence-corrected chi connectivity index (χ0v) is 12.6. The van der Waals surface area contributed by atoms with Gasteiger partial charge < -0.3 is 10.1 Å². The van der Waals surface area contributed by atoms with E-state index in [4.69, 9.17) is 4.74 Å². The van der Waals surface area contributed by atoms with Gasteiger partial charge in [0.15, 0.2) is 0 Å². The summed E-state index contributed by atoms with van der Waals surface area (Å²) in [6.07, 6.45) is 7.55. The van der Waals surface area contributed by atoms with E-state index in [1.165, 1.54) is 12.8 Å². The van der Waals surface area contributed by atoms with Crippen molar-refractivity contribution in [1.82, 2.24) is 14.9 Å². The summed E-state index contributed by atoms with van der Waals surface area (Å²) in [4.78, 5) is 11.3. The number of piperidine rings is 1. The molecule has 1 aromatic heterocycles. The van der Waals surface area contributed by atoms with Gasteiger partial charge in [0.25, 0.3) is 0 Å². The molecule has 20 heavy (non-hydrogen) atoms. The van der Waals surface area contributed by atoms with Crippen LogP contribution in [0.1, 0.15) is 38.8 Å². The van der Waals surface area contributed by atoms with Crippen LogP contribution < -0.4 is 5.32 Å². The third-order valence-electron chi connectivity index (χ3n) is 3.47. The first kappa shape index (κ1) is 15.2. The first-order valence-electron chi connectivity index (χ1n) is 7.70. The zero-order chi connectivity index (χ0) is 14.2. The van der Waals surface area contributed by atoms with Crippen LogP contribution >= 0.6 is 0 Å². The second-order valence-corrected chi connectivity index (χ2v) is 5.29. The SMILES string of the molecule is CCCOC1CCCN(Cc2cnc(NCC)cn2)C1. The molecule has 0 bridgehead atoms. The first-order chi connectivity index (χ1) is 9.81. The molecule has 1 aliphatic rings. The second kappa shape index (κ2) is 8.17. The van der Waals surface area contributed by atoms with Crippen molar-refractivity contribution in [3.05, 3.63) is 18.1 Å². The van der Waals surface area contributed by atoms with Crippen LogP contribution in [0.5, 0.6) is 0 Å². The molecule has 1 fully saturated rings. The summed E-state index contributed by atoms with van der Waals surface area (Å²) in [5.41, 5.74) is 1.03. The smallest absolute Gasteiger partial charge is 0.144 e. The number of hydrogen-bond donors (Lipinski definition) is 1. The largest absolute Gasteiger partial charge is 0.377 e. The van der Waals surface area contributed by atoms with E-state index < -0.39 is 0 Å². The minimum atomic E-state index is 0.387. The Hall–Kier alpha value is -1.20. The fourth-order valence-electron chi connectivity index (χ4n) is 2.52. The number of anilines is 1. The molecule has 5 nitrogen and oxygen atoms in total. The average Bonchev–Trinajstić information content (AvgIpc) is 2.48. The minimum absolute atomic E-state index is 0.387. The van der Waals surface area contributed by atoms with Gasteiger partial charge in [-0.25, -0.2) is 4.98 Å². The predicted molar refractivity (Wildman–Crippen MR) is 80.7 cm³/mol. The Bertz CT molecular complexity index is 382. The van der Waals surface area contributed by atoms with Crippen LogP contribution in [0.2, 0.25) is 0 Å². The van der Waals surface area contributed by atoms with E-state index in [0.29, 0.717) is 6.10 Å². The maximum Gasteiger partial charge on any atom is 0.144 e. The van der Waals surface area contributed by atoms with Gasteiger partial charge in [0.05, 0.1) is 24.2 Å². The monoisotopic (exact) mass is 278 g/mol. The molecule has 2 rings (SSSR count). The number of likely N-dealkylation sites (tertiary alicyclic amines) is 1. The van der Waals surface area contributed by atoms with Crippen molar-refractivity contribution in [3.63, 3.8) is 0 Å². The number of ether oxygens (including phenoxy) is 1. The molecule has 112 valence electrons. The van der Waals surface area contributed by atoms with Gasteiger partial charge in [0.2, 0.25) is 0 Å². The summed E-state index contributed by atoms with van der Waals surface area (Å²) in [5, 5.41) is 3.16. The van der Waals surface area contributed by atoms with Crippen LogP contribution in [0.4, 0.5) is 5.82 Å². The van der Waals surface area contributed by atoms with Crippen LogP contribution in [-0.2, 0) is 11.3 Å². The van der Waals surface area contributed by atoms with E-state index in [2.05, 4.69) is 34.0 Å². The number of nitrogens with one attached hydrogen (secondary N) is 1. The highest BCUT2D eigenvalue weighted by Crippen LogP contribution is 2.15. The Labute approximate surface area is 121 Å². The van der Waals surface area contributed by atoms with Gasteiger partial charge in [-0.05, 0) is 32.7 Å². The first-order valence-corrected chi connectivity index (χ1v) is 7.70. The van der Waals surface area contributed by atoms with Crippen molar-refractivity contribution in [2.24, 2.45) is 0 Å². The molecule has 0 aliphatic carbocycles. The Kier molecular flexibility index (Phi) is 6.21. The third-order valence-corrected chi connectivity index (χ3v) is 3.47. The van der Waals surface area contributed by atoms with Crippen molar-refractivity contribution in [3.8, 4) is 0 Å². The molecule has 0 spiro atoms.